The molecule has 5 heteroatoms. The molecule has 1 aliphatic carbocycles. The number of amides is 2. The number of carbonyl (C=O) groups excluding carboxylic acids is 2. The van der Waals surface area contributed by atoms with Gasteiger partial charge in [-0.1, -0.05) is 31.4 Å². The minimum atomic E-state index is -0.888. The lowest BCUT2D eigenvalue weighted by atomic mass is 9.73. The van der Waals surface area contributed by atoms with Crippen LogP contribution in [0.3, 0.4) is 0 Å². The summed E-state index contributed by atoms with van der Waals surface area (Å²) in [7, 11) is 0. The van der Waals surface area contributed by atoms with Crippen molar-refractivity contribution in [2.45, 2.75) is 65.4 Å². The van der Waals surface area contributed by atoms with Gasteiger partial charge in [0.15, 0.2) is 0 Å². The van der Waals surface area contributed by atoms with Crippen molar-refractivity contribution in [3.8, 4) is 5.75 Å². The van der Waals surface area contributed by atoms with E-state index >= 15 is 0 Å². The molecule has 1 N–H and O–H groups in total. The molecule has 1 spiro atoms. The smallest absolute Gasteiger partial charge is 0.235 e. The maximum Gasteiger partial charge on any atom is 0.235 e. The molecule has 1 aromatic rings. The van der Waals surface area contributed by atoms with Gasteiger partial charge in [0, 0.05) is 6.42 Å². The highest BCUT2D eigenvalue weighted by molar-refractivity contribution is 6.06. The van der Waals surface area contributed by atoms with E-state index in [-0.39, 0.29) is 25.0 Å². The molecule has 5 nitrogen and oxygen atoms in total. The van der Waals surface area contributed by atoms with Crippen LogP contribution >= 0.6 is 0 Å². The van der Waals surface area contributed by atoms with Gasteiger partial charge < -0.3 is 9.84 Å². The molecule has 1 heterocycles. The Morgan fingerprint density at radius 2 is 1.77 bits per heavy atom. The molecule has 2 aliphatic rings. The Hall–Kier alpha value is -1.88. The van der Waals surface area contributed by atoms with Gasteiger partial charge in [-0.3, -0.25) is 14.5 Å². The summed E-state index contributed by atoms with van der Waals surface area (Å²) in [5.41, 5.74) is 2.69. The number of hydrogen-bond donors (Lipinski definition) is 1. The fraction of sp³-hybridized carbons (Fsp3) is 0.619. The molecule has 0 radical (unpaired) electrons. The van der Waals surface area contributed by atoms with Gasteiger partial charge in [0.05, 0.1) is 12.0 Å². The van der Waals surface area contributed by atoms with E-state index in [1.165, 1.54) is 4.90 Å². The normalized spacial score (nSPS) is 20.7. The Morgan fingerprint density at radius 3 is 2.46 bits per heavy atom. The summed E-state index contributed by atoms with van der Waals surface area (Å²) in [5.74, 6) is 0.523. The zero-order chi connectivity index (χ0) is 18.9. The fourth-order valence-corrected chi connectivity index (χ4v) is 4.25. The van der Waals surface area contributed by atoms with Crippen molar-refractivity contribution in [3.63, 3.8) is 0 Å². The summed E-state index contributed by atoms with van der Waals surface area (Å²) < 4.78 is 5.83. The Morgan fingerprint density at radius 1 is 1.12 bits per heavy atom. The molecule has 1 atom stereocenters. The quantitative estimate of drug-likeness (QED) is 0.821. The predicted molar refractivity (Wildman–Crippen MR) is 99.0 cm³/mol. The number of ether oxygens (including phenoxy) is 1. The standard InChI is InChI=1S/C21H29NO4/c1-14-7-8-15(2)19(16(14)3)26-13-17(23)12-22-18(24)11-21(20(22)25)9-5-4-6-10-21/h7-8,17,23H,4-6,9-13H2,1-3H3. The van der Waals surface area contributed by atoms with Gasteiger partial charge in [-0.05, 0) is 50.3 Å². The van der Waals surface area contributed by atoms with Gasteiger partial charge in [0.1, 0.15) is 18.5 Å². The molecule has 2 fully saturated rings. The third kappa shape index (κ3) is 3.50. The second kappa shape index (κ2) is 7.39. The maximum absolute atomic E-state index is 12.8. The van der Waals surface area contributed by atoms with Crippen LogP contribution in [-0.2, 0) is 9.59 Å². The van der Waals surface area contributed by atoms with Gasteiger partial charge in [-0.15, -0.1) is 0 Å². The summed E-state index contributed by atoms with van der Waals surface area (Å²) in [4.78, 5) is 26.4. The lowest BCUT2D eigenvalue weighted by Gasteiger charge is -2.30. The average molecular weight is 359 g/mol. The van der Waals surface area contributed by atoms with Crippen LogP contribution < -0.4 is 4.74 Å². The molecule has 1 unspecified atom stereocenters. The molecular formula is C21H29NO4. The molecule has 142 valence electrons. The van der Waals surface area contributed by atoms with E-state index in [2.05, 4.69) is 0 Å². The Kier molecular flexibility index (Phi) is 5.37. The van der Waals surface area contributed by atoms with Crippen molar-refractivity contribution in [1.29, 1.82) is 0 Å². The van der Waals surface area contributed by atoms with Crippen LogP contribution in [0.5, 0.6) is 5.75 Å². The van der Waals surface area contributed by atoms with E-state index in [9.17, 15) is 14.7 Å². The van der Waals surface area contributed by atoms with E-state index in [4.69, 9.17) is 4.74 Å². The molecule has 3 rings (SSSR count). The van der Waals surface area contributed by atoms with E-state index < -0.39 is 11.5 Å². The minimum absolute atomic E-state index is 0.0172. The predicted octanol–water partition coefficient (Wildman–Crippen LogP) is 3.06. The molecule has 1 saturated carbocycles. The number of β-amino-alcohol motifs (C(OH)–C–C–N with tert-alkyl or cyclic N) is 1. The Labute approximate surface area is 155 Å². The van der Waals surface area contributed by atoms with Gasteiger partial charge in [0.2, 0.25) is 11.8 Å². The molecule has 1 aromatic carbocycles. The highest BCUT2D eigenvalue weighted by atomic mass is 16.5. The van der Waals surface area contributed by atoms with Crippen LogP contribution in [0.2, 0.25) is 0 Å². The number of aryl methyl sites for hydroxylation is 2. The van der Waals surface area contributed by atoms with Gasteiger partial charge in [-0.25, -0.2) is 0 Å². The highest BCUT2D eigenvalue weighted by Crippen LogP contribution is 2.45. The summed E-state index contributed by atoms with van der Waals surface area (Å²) in [6, 6.07) is 4.03. The molecule has 0 aromatic heterocycles. The minimum Gasteiger partial charge on any atom is -0.490 e. The first kappa shape index (κ1) is 18.9. The van der Waals surface area contributed by atoms with Crippen LogP contribution in [0.1, 0.15) is 55.2 Å². The number of likely N-dealkylation sites (tertiary alicyclic amines) is 1. The van der Waals surface area contributed by atoms with Crippen molar-refractivity contribution in [1.82, 2.24) is 4.90 Å². The van der Waals surface area contributed by atoms with Crippen molar-refractivity contribution in [2.24, 2.45) is 5.41 Å². The second-order valence-corrected chi connectivity index (χ2v) is 7.95. The number of aliphatic hydroxyl groups is 1. The van der Waals surface area contributed by atoms with Crippen LogP contribution in [0.4, 0.5) is 0 Å². The third-order valence-electron chi connectivity index (χ3n) is 5.99. The van der Waals surface area contributed by atoms with Crippen molar-refractivity contribution < 1.29 is 19.4 Å². The molecule has 1 saturated heterocycles. The Bertz CT molecular complexity index is 706. The first-order valence-electron chi connectivity index (χ1n) is 9.56. The summed E-state index contributed by atoms with van der Waals surface area (Å²) in [5, 5.41) is 10.4. The maximum atomic E-state index is 12.8. The molecule has 2 amide bonds. The van der Waals surface area contributed by atoms with Gasteiger partial charge in [0.25, 0.3) is 0 Å². The Balaban J connectivity index is 1.62. The number of carbonyl (C=O) groups is 2. The summed E-state index contributed by atoms with van der Waals surface area (Å²) in [6.07, 6.45) is 4.14. The number of benzene rings is 1. The van der Waals surface area contributed by atoms with Crippen LogP contribution in [0.15, 0.2) is 12.1 Å². The van der Waals surface area contributed by atoms with Gasteiger partial charge in [-0.2, -0.15) is 0 Å². The average Bonchev–Trinajstić information content (AvgIpc) is 2.83. The number of hydrogen-bond acceptors (Lipinski definition) is 4. The van der Waals surface area contributed by atoms with Crippen LogP contribution in [-0.4, -0.2) is 41.1 Å². The van der Waals surface area contributed by atoms with Crippen LogP contribution in [0.25, 0.3) is 0 Å². The van der Waals surface area contributed by atoms with E-state index in [1.807, 2.05) is 32.9 Å². The first-order chi connectivity index (χ1) is 12.3. The third-order valence-corrected chi connectivity index (χ3v) is 5.99. The van der Waals surface area contributed by atoms with E-state index in [0.717, 1.165) is 54.5 Å². The SMILES string of the molecule is Cc1ccc(C)c(OCC(O)CN2C(=O)CC3(CCCCC3)C2=O)c1C. The van der Waals surface area contributed by atoms with Crippen LogP contribution in [0, 0.1) is 26.2 Å². The topological polar surface area (TPSA) is 66.8 Å². The molecule has 26 heavy (non-hydrogen) atoms. The summed E-state index contributed by atoms with van der Waals surface area (Å²) in [6.45, 7) is 6.06. The highest BCUT2D eigenvalue weighted by Gasteiger charge is 2.51. The summed E-state index contributed by atoms with van der Waals surface area (Å²) >= 11 is 0. The largest absolute Gasteiger partial charge is 0.490 e. The first-order valence-corrected chi connectivity index (χ1v) is 9.56. The van der Waals surface area contributed by atoms with Crippen molar-refractivity contribution in [3.05, 3.63) is 28.8 Å². The number of rotatable bonds is 5. The fourth-order valence-electron chi connectivity index (χ4n) is 4.25. The van der Waals surface area contributed by atoms with E-state index in [1.54, 1.807) is 0 Å². The number of nitrogens with zero attached hydrogens (tertiary/aromatic N) is 1. The molecule has 0 bridgehead atoms. The number of imide groups is 1. The molecular weight excluding hydrogens is 330 g/mol. The lowest BCUT2D eigenvalue weighted by molar-refractivity contribution is -0.144. The lowest BCUT2D eigenvalue weighted by Crippen LogP contribution is -2.42. The second-order valence-electron chi connectivity index (χ2n) is 7.95. The van der Waals surface area contributed by atoms with Gasteiger partial charge >= 0.3 is 0 Å². The zero-order valence-corrected chi connectivity index (χ0v) is 16.0. The molecule has 1 aliphatic heterocycles. The zero-order valence-electron chi connectivity index (χ0n) is 16.0. The van der Waals surface area contributed by atoms with Crippen molar-refractivity contribution >= 4 is 11.8 Å². The van der Waals surface area contributed by atoms with E-state index in [0.29, 0.717) is 6.42 Å². The van der Waals surface area contributed by atoms with Crippen molar-refractivity contribution in [2.75, 3.05) is 13.2 Å². The monoisotopic (exact) mass is 359 g/mol. The number of aliphatic hydroxyl groups excluding tert-OH is 1.